The normalized spacial score (nSPS) is 12.2. The molecule has 0 bridgehead atoms. The van der Waals surface area contributed by atoms with Gasteiger partial charge < -0.3 is 5.32 Å². The quantitative estimate of drug-likeness (QED) is 0.755. The van der Waals surface area contributed by atoms with Crippen LogP contribution in [0.25, 0.3) is 10.9 Å². The highest BCUT2D eigenvalue weighted by atomic mass is 16.2. The van der Waals surface area contributed by atoms with Crippen LogP contribution in [0, 0.1) is 6.92 Å². The van der Waals surface area contributed by atoms with Crippen molar-refractivity contribution in [2.45, 2.75) is 39.3 Å². The number of hydrogen-bond acceptors (Lipinski definition) is 2. The second kappa shape index (κ2) is 7.30. The third-order valence-electron chi connectivity index (χ3n) is 4.21. The molecular formula is C20H23N3O. The molecule has 0 unspecified atom stereocenters. The second-order valence-electron chi connectivity index (χ2n) is 6.36. The molecule has 1 heterocycles. The molecule has 0 fully saturated rings. The second-order valence-corrected chi connectivity index (χ2v) is 6.36. The Hall–Kier alpha value is -2.62. The Morgan fingerprint density at radius 1 is 1.21 bits per heavy atom. The molecule has 0 saturated heterocycles. The first-order valence-electron chi connectivity index (χ1n) is 8.37. The van der Waals surface area contributed by atoms with Crippen molar-refractivity contribution in [1.82, 2.24) is 15.1 Å². The highest BCUT2D eigenvalue weighted by Gasteiger charge is 2.11. The van der Waals surface area contributed by atoms with Crippen molar-refractivity contribution in [2.75, 3.05) is 0 Å². The van der Waals surface area contributed by atoms with Crippen LogP contribution in [-0.4, -0.2) is 21.7 Å². The number of nitrogens with zero attached hydrogens (tertiary/aromatic N) is 2. The highest BCUT2D eigenvalue weighted by molar-refractivity contribution is 5.82. The van der Waals surface area contributed by atoms with Gasteiger partial charge in [0.25, 0.3) is 0 Å². The maximum Gasteiger partial charge on any atom is 0.241 e. The maximum absolute atomic E-state index is 12.3. The van der Waals surface area contributed by atoms with Gasteiger partial charge in [-0.25, -0.2) is 0 Å². The van der Waals surface area contributed by atoms with E-state index in [1.807, 2.05) is 38.1 Å². The summed E-state index contributed by atoms with van der Waals surface area (Å²) in [6.07, 6.45) is 3.70. The van der Waals surface area contributed by atoms with Crippen molar-refractivity contribution in [3.63, 3.8) is 0 Å². The van der Waals surface area contributed by atoms with Crippen molar-refractivity contribution in [3.05, 3.63) is 65.9 Å². The average molecular weight is 321 g/mol. The van der Waals surface area contributed by atoms with E-state index in [1.54, 1.807) is 10.9 Å². The van der Waals surface area contributed by atoms with Gasteiger partial charge in [-0.05, 0) is 43.9 Å². The summed E-state index contributed by atoms with van der Waals surface area (Å²) in [4.78, 5) is 12.3. The van der Waals surface area contributed by atoms with Gasteiger partial charge in [-0.2, -0.15) is 5.10 Å². The van der Waals surface area contributed by atoms with Gasteiger partial charge in [-0.15, -0.1) is 0 Å². The van der Waals surface area contributed by atoms with Gasteiger partial charge in [0.2, 0.25) is 5.91 Å². The number of benzene rings is 2. The molecule has 24 heavy (non-hydrogen) atoms. The van der Waals surface area contributed by atoms with E-state index in [1.165, 1.54) is 11.1 Å². The Balaban J connectivity index is 1.55. The fraction of sp³-hybridized carbons (Fsp3) is 0.300. The lowest BCUT2D eigenvalue weighted by molar-refractivity contribution is -0.122. The zero-order chi connectivity index (χ0) is 16.9. The summed E-state index contributed by atoms with van der Waals surface area (Å²) in [5, 5.41) is 8.46. The Kier molecular flexibility index (Phi) is 4.94. The molecule has 0 aliphatic heterocycles. The van der Waals surface area contributed by atoms with Gasteiger partial charge in [0.05, 0.1) is 11.7 Å². The number of aryl methyl sites for hydroxylation is 2. The number of amides is 1. The van der Waals surface area contributed by atoms with Gasteiger partial charge in [0.1, 0.15) is 6.54 Å². The minimum atomic E-state index is 0.00191. The molecule has 3 aromatic rings. The smallest absolute Gasteiger partial charge is 0.241 e. The largest absolute Gasteiger partial charge is 0.352 e. The lowest BCUT2D eigenvalue weighted by atomic mass is 10.1. The monoisotopic (exact) mass is 321 g/mol. The number of hydrogen-bond donors (Lipinski definition) is 1. The maximum atomic E-state index is 12.3. The molecule has 0 aliphatic rings. The van der Waals surface area contributed by atoms with Crippen molar-refractivity contribution in [3.8, 4) is 0 Å². The summed E-state index contributed by atoms with van der Waals surface area (Å²) in [7, 11) is 0. The fourth-order valence-corrected chi connectivity index (χ4v) is 2.86. The van der Waals surface area contributed by atoms with Crippen molar-refractivity contribution in [2.24, 2.45) is 0 Å². The number of carbonyl (C=O) groups excluding carboxylic acids is 1. The summed E-state index contributed by atoms with van der Waals surface area (Å²) in [6.45, 7) is 4.34. The first-order chi connectivity index (χ1) is 11.6. The minimum Gasteiger partial charge on any atom is -0.352 e. The van der Waals surface area contributed by atoms with E-state index in [9.17, 15) is 4.79 Å². The molecule has 1 N–H and O–H groups in total. The van der Waals surface area contributed by atoms with Gasteiger partial charge in [0, 0.05) is 11.4 Å². The number of rotatable bonds is 6. The topological polar surface area (TPSA) is 46.9 Å². The van der Waals surface area contributed by atoms with Crippen LogP contribution in [0.4, 0.5) is 0 Å². The molecule has 0 radical (unpaired) electrons. The van der Waals surface area contributed by atoms with Crippen LogP contribution >= 0.6 is 0 Å². The third kappa shape index (κ3) is 4.02. The molecule has 4 heteroatoms. The van der Waals surface area contributed by atoms with Crippen LogP contribution in [0.5, 0.6) is 0 Å². The van der Waals surface area contributed by atoms with Crippen LogP contribution in [0.1, 0.15) is 24.5 Å². The van der Waals surface area contributed by atoms with Crippen LogP contribution in [0.3, 0.4) is 0 Å². The summed E-state index contributed by atoms with van der Waals surface area (Å²) in [5.41, 5.74) is 3.47. The number of fused-ring (bicyclic) bond motifs is 1. The molecule has 0 saturated carbocycles. The number of nitrogens with one attached hydrogen (secondary N) is 1. The summed E-state index contributed by atoms with van der Waals surface area (Å²) < 4.78 is 1.77. The van der Waals surface area contributed by atoms with E-state index in [0.717, 1.165) is 23.7 Å². The standard InChI is InChI=1S/C20H23N3O/c1-15-8-11-18-13-21-23(19(18)12-15)14-20(24)22-16(2)9-10-17-6-4-3-5-7-17/h3-8,11-13,16H,9-10,14H2,1-2H3,(H,22,24)/t16-/m1/s1. The molecule has 3 rings (SSSR count). The molecule has 124 valence electrons. The zero-order valence-electron chi connectivity index (χ0n) is 14.2. The van der Waals surface area contributed by atoms with Crippen molar-refractivity contribution in [1.29, 1.82) is 0 Å². The Morgan fingerprint density at radius 3 is 2.79 bits per heavy atom. The van der Waals surface area contributed by atoms with Crippen molar-refractivity contribution < 1.29 is 4.79 Å². The van der Waals surface area contributed by atoms with Gasteiger partial charge >= 0.3 is 0 Å². The van der Waals surface area contributed by atoms with E-state index in [-0.39, 0.29) is 18.5 Å². The predicted molar refractivity (Wildman–Crippen MR) is 96.8 cm³/mol. The average Bonchev–Trinajstić information content (AvgIpc) is 2.96. The van der Waals surface area contributed by atoms with Gasteiger partial charge in [-0.3, -0.25) is 9.48 Å². The Bertz CT molecular complexity index is 823. The minimum absolute atomic E-state index is 0.00191. The number of aromatic nitrogens is 2. The van der Waals surface area contributed by atoms with Crippen LogP contribution in [0.15, 0.2) is 54.7 Å². The molecule has 0 aliphatic carbocycles. The molecule has 2 aromatic carbocycles. The summed E-state index contributed by atoms with van der Waals surface area (Å²) >= 11 is 0. The zero-order valence-corrected chi connectivity index (χ0v) is 14.2. The van der Waals surface area contributed by atoms with Crippen LogP contribution in [0.2, 0.25) is 0 Å². The Morgan fingerprint density at radius 2 is 2.00 bits per heavy atom. The fourth-order valence-electron chi connectivity index (χ4n) is 2.86. The van der Waals surface area contributed by atoms with Crippen LogP contribution < -0.4 is 5.32 Å². The Labute approximate surface area is 142 Å². The van der Waals surface area contributed by atoms with E-state index in [0.29, 0.717) is 0 Å². The van der Waals surface area contributed by atoms with E-state index in [4.69, 9.17) is 0 Å². The first kappa shape index (κ1) is 16.2. The molecule has 0 spiro atoms. The van der Waals surface area contributed by atoms with Gasteiger partial charge in [-0.1, -0.05) is 42.5 Å². The summed E-state index contributed by atoms with van der Waals surface area (Å²) in [5.74, 6) is 0.00191. The molecular weight excluding hydrogens is 298 g/mol. The van der Waals surface area contributed by atoms with E-state index < -0.39 is 0 Å². The van der Waals surface area contributed by atoms with Crippen LogP contribution in [-0.2, 0) is 17.8 Å². The van der Waals surface area contributed by atoms with Crippen molar-refractivity contribution >= 4 is 16.8 Å². The first-order valence-corrected chi connectivity index (χ1v) is 8.37. The van der Waals surface area contributed by atoms with Gasteiger partial charge in [0.15, 0.2) is 0 Å². The molecule has 1 aromatic heterocycles. The predicted octanol–water partition coefficient (Wildman–Crippen LogP) is 3.48. The summed E-state index contributed by atoms with van der Waals surface area (Å²) in [6, 6.07) is 16.6. The van der Waals surface area contributed by atoms with E-state index in [2.05, 4.69) is 34.7 Å². The SMILES string of the molecule is Cc1ccc2cnn(CC(=O)N[C@H](C)CCc3ccccc3)c2c1. The third-order valence-corrected chi connectivity index (χ3v) is 4.21. The molecule has 4 nitrogen and oxygen atoms in total. The van der Waals surface area contributed by atoms with E-state index >= 15 is 0 Å². The number of carbonyl (C=O) groups is 1. The highest BCUT2D eigenvalue weighted by Crippen LogP contribution is 2.15. The lowest BCUT2D eigenvalue weighted by Crippen LogP contribution is -2.35. The molecule has 1 atom stereocenters. The molecule has 1 amide bonds. The lowest BCUT2D eigenvalue weighted by Gasteiger charge is -2.14.